The van der Waals surface area contributed by atoms with Crippen molar-refractivity contribution < 1.29 is 17.9 Å². The van der Waals surface area contributed by atoms with E-state index >= 15 is 0 Å². The Labute approximate surface area is 101 Å². The highest BCUT2D eigenvalue weighted by atomic mass is 32.1. The normalized spacial score (nSPS) is 11.9. The second-order valence-electron chi connectivity index (χ2n) is 3.68. The van der Waals surface area contributed by atoms with Crippen molar-refractivity contribution in [1.82, 2.24) is 4.37 Å². The number of rotatable bonds is 5. The number of aromatic nitrogens is 1. The first-order valence-corrected chi connectivity index (χ1v) is 5.79. The van der Waals surface area contributed by atoms with Gasteiger partial charge in [-0.2, -0.15) is 17.5 Å². The molecule has 1 rings (SSSR count). The summed E-state index contributed by atoms with van der Waals surface area (Å²) in [7, 11) is 0. The molecule has 8 heteroatoms. The molecular weight excluding hydrogens is 255 g/mol. The quantitative estimate of drug-likeness (QED) is 0.863. The average Bonchev–Trinajstić information content (AvgIpc) is 2.47. The monoisotopic (exact) mass is 269 g/mol. The predicted molar refractivity (Wildman–Crippen MR) is 61.5 cm³/mol. The zero-order valence-corrected chi connectivity index (χ0v) is 10.3. The third-order valence-corrected chi connectivity index (χ3v) is 2.52. The Bertz CT molecular complexity index is 365. The zero-order chi connectivity index (χ0) is 13.1. The van der Waals surface area contributed by atoms with Crippen molar-refractivity contribution in [3.63, 3.8) is 0 Å². The maximum absolute atomic E-state index is 12.0. The number of nitrogens with one attached hydrogen (secondary N) is 1. The maximum Gasteiger partial charge on any atom is 0.390 e. The molecular formula is C9H14F3N3OS. The van der Waals surface area contributed by atoms with E-state index in [1.165, 1.54) is 0 Å². The van der Waals surface area contributed by atoms with Gasteiger partial charge in [0, 0.05) is 6.54 Å². The number of anilines is 2. The lowest BCUT2D eigenvalue weighted by Crippen LogP contribution is -2.15. The molecule has 0 radical (unpaired) electrons. The van der Waals surface area contributed by atoms with Gasteiger partial charge in [0.15, 0.2) is 16.6 Å². The van der Waals surface area contributed by atoms with E-state index in [1.54, 1.807) is 13.8 Å². The third kappa shape index (κ3) is 4.68. The number of hydrogen-bond acceptors (Lipinski definition) is 5. The molecule has 0 spiro atoms. The largest absolute Gasteiger partial charge is 0.484 e. The summed E-state index contributed by atoms with van der Waals surface area (Å²) >= 11 is 0.990. The summed E-state index contributed by atoms with van der Waals surface area (Å²) in [6.07, 6.45) is -5.20. The van der Waals surface area contributed by atoms with Crippen LogP contribution in [0.1, 0.15) is 20.3 Å². The molecule has 0 atom stereocenters. The van der Waals surface area contributed by atoms with Crippen LogP contribution >= 0.6 is 11.5 Å². The number of nitrogens with zero attached hydrogens (tertiary/aromatic N) is 1. The van der Waals surface area contributed by atoms with E-state index in [0.717, 1.165) is 11.5 Å². The van der Waals surface area contributed by atoms with Gasteiger partial charge in [0.1, 0.15) is 0 Å². The van der Waals surface area contributed by atoms with E-state index in [9.17, 15) is 13.2 Å². The van der Waals surface area contributed by atoms with Crippen molar-refractivity contribution in [1.29, 1.82) is 0 Å². The SMILES string of the molecule is CC(C)Oc1c(N)nsc1NCCC(F)(F)F. The zero-order valence-electron chi connectivity index (χ0n) is 9.47. The van der Waals surface area contributed by atoms with Crippen LogP contribution in [0.15, 0.2) is 0 Å². The van der Waals surface area contributed by atoms with Gasteiger partial charge in [-0.15, -0.1) is 0 Å². The number of hydrogen-bond donors (Lipinski definition) is 2. The van der Waals surface area contributed by atoms with Gasteiger partial charge in [0.2, 0.25) is 0 Å². The molecule has 0 aliphatic rings. The van der Waals surface area contributed by atoms with Crippen molar-refractivity contribution in [2.24, 2.45) is 0 Å². The van der Waals surface area contributed by atoms with Crippen LogP contribution in [0, 0.1) is 0 Å². The molecule has 0 fully saturated rings. The fourth-order valence-corrected chi connectivity index (χ4v) is 1.75. The smallest absolute Gasteiger partial charge is 0.390 e. The first-order chi connectivity index (χ1) is 7.79. The standard InChI is InChI=1S/C9H14F3N3OS/c1-5(2)16-6-7(13)15-17-8(6)14-4-3-9(10,11)12/h5,14H,3-4H2,1-2H3,(H2,13,15). The molecule has 0 saturated heterocycles. The van der Waals surface area contributed by atoms with Gasteiger partial charge in [-0.25, -0.2) is 0 Å². The summed E-state index contributed by atoms with van der Waals surface area (Å²) in [5.41, 5.74) is 5.56. The summed E-state index contributed by atoms with van der Waals surface area (Å²) in [4.78, 5) is 0. The van der Waals surface area contributed by atoms with E-state index in [4.69, 9.17) is 10.5 Å². The van der Waals surface area contributed by atoms with Crippen LogP contribution in [0.4, 0.5) is 24.0 Å². The molecule has 3 N–H and O–H groups in total. The highest BCUT2D eigenvalue weighted by molar-refractivity contribution is 7.11. The Morgan fingerprint density at radius 3 is 2.65 bits per heavy atom. The molecule has 1 aromatic heterocycles. The fourth-order valence-electron chi connectivity index (χ4n) is 1.07. The second-order valence-corrected chi connectivity index (χ2v) is 4.46. The number of ether oxygens (including phenoxy) is 1. The van der Waals surface area contributed by atoms with Gasteiger partial charge in [0.05, 0.1) is 12.5 Å². The Morgan fingerprint density at radius 1 is 1.47 bits per heavy atom. The van der Waals surface area contributed by atoms with E-state index in [-0.39, 0.29) is 18.5 Å². The van der Waals surface area contributed by atoms with Crippen molar-refractivity contribution in [3.8, 4) is 5.75 Å². The topological polar surface area (TPSA) is 60.2 Å². The summed E-state index contributed by atoms with van der Waals surface area (Å²) in [6, 6.07) is 0. The van der Waals surface area contributed by atoms with Crippen molar-refractivity contribution in [2.75, 3.05) is 17.6 Å². The number of halogens is 3. The Kier molecular flexibility index (Phi) is 4.44. The average molecular weight is 269 g/mol. The predicted octanol–water partition coefficient (Wildman–Crippen LogP) is 2.88. The third-order valence-electron chi connectivity index (χ3n) is 1.72. The van der Waals surface area contributed by atoms with E-state index < -0.39 is 12.6 Å². The molecule has 1 aromatic rings. The van der Waals surface area contributed by atoms with Gasteiger partial charge >= 0.3 is 6.18 Å². The Morgan fingerprint density at radius 2 is 2.12 bits per heavy atom. The highest BCUT2D eigenvalue weighted by Crippen LogP contribution is 2.36. The highest BCUT2D eigenvalue weighted by Gasteiger charge is 2.26. The molecule has 0 amide bonds. The molecule has 17 heavy (non-hydrogen) atoms. The van der Waals surface area contributed by atoms with Crippen LogP contribution in [0.2, 0.25) is 0 Å². The fraction of sp³-hybridized carbons (Fsp3) is 0.667. The van der Waals surface area contributed by atoms with Crippen LogP contribution < -0.4 is 15.8 Å². The van der Waals surface area contributed by atoms with Gasteiger partial charge in [0.25, 0.3) is 0 Å². The molecule has 0 unspecified atom stereocenters. The lowest BCUT2D eigenvalue weighted by molar-refractivity contribution is -0.131. The molecule has 0 aliphatic heterocycles. The van der Waals surface area contributed by atoms with Crippen molar-refractivity contribution >= 4 is 22.4 Å². The minimum atomic E-state index is -4.18. The first-order valence-electron chi connectivity index (χ1n) is 5.02. The van der Waals surface area contributed by atoms with Crippen LogP contribution in [-0.2, 0) is 0 Å². The minimum Gasteiger partial charge on any atom is -0.484 e. The molecule has 0 saturated carbocycles. The minimum absolute atomic E-state index is 0.114. The van der Waals surface area contributed by atoms with E-state index in [0.29, 0.717) is 10.8 Å². The number of nitrogens with two attached hydrogens (primary N) is 1. The first kappa shape index (κ1) is 13.9. The maximum atomic E-state index is 12.0. The summed E-state index contributed by atoms with van der Waals surface area (Å²) in [6.45, 7) is 3.38. The van der Waals surface area contributed by atoms with Crippen molar-refractivity contribution in [2.45, 2.75) is 32.5 Å². The van der Waals surface area contributed by atoms with Gasteiger partial charge in [-0.05, 0) is 25.4 Å². The Balaban J connectivity index is 2.59. The second kappa shape index (κ2) is 5.44. The summed E-state index contributed by atoms with van der Waals surface area (Å²) in [5, 5.41) is 3.06. The molecule has 0 bridgehead atoms. The lowest BCUT2D eigenvalue weighted by atomic mass is 10.4. The molecule has 0 aliphatic carbocycles. The molecule has 1 heterocycles. The van der Waals surface area contributed by atoms with Gasteiger partial charge in [-0.1, -0.05) is 0 Å². The van der Waals surface area contributed by atoms with Crippen LogP contribution in [0.3, 0.4) is 0 Å². The van der Waals surface area contributed by atoms with Crippen molar-refractivity contribution in [3.05, 3.63) is 0 Å². The Hall–Kier alpha value is -1.18. The molecule has 4 nitrogen and oxygen atoms in total. The van der Waals surface area contributed by atoms with Gasteiger partial charge in [-0.3, -0.25) is 0 Å². The summed E-state index contributed by atoms with van der Waals surface area (Å²) < 4.78 is 45.1. The molecule has 0 aromatic carbocycles. The summed E-state index contributed by atoms with van der Waals surface area (Å²) in [5.74, 6) is 0.519. The molecule has 98 valence electrons. The number of alkyl halides is 3. The van der Waals surface area contributed by atoms with Gasteiger partial charge < -0.3 is 15.8 Å². The lowest BCUT2D eigenvalue weighted by Gasteiger charge is -2.12. The van der Waals surface area contributed by atoms with Crippen LogP contribution in [-0.4, -0.2) is 23.2 Å². The van der Waals surface area contributed by atoms with Crippen LogP contribution in [0.5, 0.6) is 5.75 Å². The number of nitrogen functional groups attached to an aromatic ring is 1. The van der Waals surface area contributed by atoms with E-state index in [1.807, 2.05) is 0 Å². The van der Waals surface area contributed by atoms with Crippen LogP contribution in [0.25, 0.3) is 0 Å². The van der Waals surface area contributed by atoms with E-state index in [2.05, 4.69) is 9.69 Å².